The van der Waals surface area contributed by atoms with E-state index in [0.717, 1.165) is 33.5 Å². The fourth-order valence-corrected chi connectivity index (χ4v) is 2.60. The summed E-state index contributed by atoms with van der Waals surface area (Å²) in [6, 6.07) is 15.6. The maximum atomic E-state index is 5.99. The second kappa shape index (κ2) is 4.15. The monoisotopic (exact) mass is 282 g/mol. The predicted octanol–water partition coefficient (Wildman–Crippen LogP) is 5.81. The van der Waals surface area contributed by atoms with E-state index in [2.05, 4.69) is 13.0 Å². The normalized spacial score (nSPS) is 11.5. The number of halogens is 1. The van der Waals surface area contributed by atoms with Gasteiger partial charge in [-0.3, -0.25) is 0 Å². The number of fused-ring (bicyclic) bond motifs is 2. The first-order chi connectivity index (χ1) is 9.69. The zero-order valence-electron chi connectivity index (χ0n) is 10.8. The smallest absolute Gasteiger partial charge is 0.170 e. The molecule has 4 aromatic rings. The van der Waals surface area contributed by atoms with Crippen LogP contribution in [-0.4, -0.2) is 0 Å². The van der Waals surface area contributed by atoms with Crippen LogP contribution < -0.4 is 0 Å². The lowest BCUT2D eigenvalue weighted by atomic mass is 10.2. The summed E-state index contributed by atoms with van der Waals surface area (Å²) in [5, 5.41) is 2.76. The van der Waals surface area contributed by atoms with E-state index in [4.69, 9.17) is 20.4 Å². The molecule has 0 atom stereocenters. The first kappa shape index (κ1) is 11.6. The Hall–Kier alpha value is -2.19. The fourth-order valence-electron chi connectivity index (χ4n) is 2.42. The Morgan fingerprint density at radius 1 is 0.750 bits per heavy atom. The van der Waals surface area contributed by atoms with Crippen LogP contribution >= 0.6 is 11.6 Å². The van der Waals surface area contributed by atoms with Crippen molar-refractivity contribution in [2.45, 2.75) is 6.92 Å². The molecule has 0 N–H and O–H groups in total. The summed E-state index contributed by atoms with van der Waals surface area (Å²) in [6.07, 6.45) is 0. The van der Waals surface area contributed by atoms with Crippen LogP contribution in [0, 0.1) is 6.92 Å². The molecule has 2 aromatic carbocycles. The molecule has 0 aliphatic rings. The summed E-state index contributed by atoms with van der Waals surface area (Å²) in [4.78, 5) is 0. The van der Waals surface area contributed by atoms with Gasteiger partial charge in [-0.05, 0) is 49.4 Å². The van der Waals surface area contributed by atoms with E-state index in [0.29, 0.717) is 5.02 Å². The molecule has 0 saturated carbocycles. The highest BCUT2D eigenvalue weighted by atomic mass is 35.5. The Labute approximate surface area is 120 Å². The van der Waals surface area contributed by atoms with Crippen molar-refractivity contribution in [3.05, 3.63) is 59.1 Å². The van der Waals surface area contributed by atoms with E-state index in [-0.39, 0.29) is 0 Å². The lowest BCUT2D eigenvalue weighted by Gasteiger charge is -1.89. The van der Waals surface area contributed by atoms with Crippen LogP contribution in [0.15, 0.2) is 57.4 Å². The van der Waals surface area contributed by atoms with E-state index >= 15 is 0 Å². The van der Waals surface area contributed by atoms with Crippen LogP contribution in [-0.2, 0) is 0 Å². The minimum atomic E-state index is 0.699. The summed E-state index contributed by atoms with van der Waals surface area (Å²) in [5.41, 5.74) is 2.88. The Balaban J connectivity index is 1.91. The van der Waals surface area contributed by atoms with Crippen molar-refractivity contribution in [1.82, 2.24) is 0 Å². The Morgan fingerprint density at radius 3 is 2.05 bits per heavy atom. The molecule has 98 valence electrons. The number of furan rings is 2. The van der Waals surface area contributed by atoms with Gasteiger partial charge in [0.2, 0.25) is 0 Å². The van der Waals surface area contributed by atoms with E-state index in [1.807, 2.05) is 42.5 Å². The van der Waals surface area contributed by atoms with Gasteiger partial charge in [0.25, 0.3) is 0 Å². The molecule has 0 aliphatic carbocycles. The van der Waals surface area contributed by atoms with Crippen LogP contribution in [0.4, 0.5) is 0 Å². The molecule has 4 rings (SSSR count). The van der Waals surface area contributed by atoms with E-state index in [1.54, 1.807) is 0 Å². The van der Waals surface area contributed by atoms with Crippen LogP contribution in [0.3, 0.4) is 0 Å². The van der Waals surface area contributed by atoms with E-state index in [1.165, 1.54) is 5.56 Å². The Morgan fingerprint density at radius 2 is 1.35 bits per heavy atom. The van der Waals surface area contributed by atoms with Crippen molar-refractivity contribution >= 4 is 33.5 Å². The number of benzene rings is 2. The quantitative estimate of drug-likeness (QED) is 0.440. The van der Waals surface area contributed by atoms with Crippen LogP contribution in [0.5, 0.6) is 0 Å². The third-order valence-electron chi connectivity index (χ3n) is 3.39. The van der Waals surface area contributed by atoms with Gasteiger partial charge in [-0.15, -0.1) is 0 Å². The predicted molar refractivity (Wildman–Crippen MR) is 81.2 cm³/mol. The molecule has 0 radical (unpaired) electrons. The van der Waals surface area contributed by atoms with Gasteiger partial charge in [-0.2, -0.15) is 0 Å². The standard InChI is InChI=1S/C17H11ClO2/c1-10-2-4-14-11(6-10)8-16(19-14)17-9-12-7-13(18)3-5-15(12)20-17/h2-9H,1H3. The first-order valence-corrected chi connectivity index (χ1v) is 6.76. The SMILES string of the molecule is Cc1ccc2oc(-c3cc4cc(Cl)ccc4o3)cc2c1. The highest BCUT2D eigenvalue weighted by Crippen LogP contribution is 2.33. The summed E-state index contributed by atoms with van der Waals surface area (Å²) < 4.78 is 11.7. The number of hydrogen-bond donors (Lipinski definition) is 0. The van der Waals surface area contributed by atoms with Gasteiger partial charge in [-0.1, -0.05) is 23.2 Å². The van der Waals surface area contributed by atoms with E-state index in [9.17, 15) is 0 Å². The summed E-state index contributed by atoms with van der Waals surface area (Å²) in [6.45, 7) is 2.06. The number of rotatable bonds is 1. The van der Waals surface area contributed by atoms with Crippen LogP contribution in [0.1, 0.15) is 5.56 Å². The molecule has 0 unspecified atom stereocenters. The topological polar surface area (TPSA) is 26.3 Å². The lowest BCUT2D eigenvalue weighted by Crippen LogP contribution is -1.67. The third-order valence-corrected chi connectivity index (χ3v) is 3.63. The molecule has 20 heavy (non-hydrogen) atoms. The molecule has 2 nitrogen and oxygen atoms in total. The van der Waals surface area contributed by atoms with Crippen LogP contribution in [0.2, 0.25) is 5.02 Å². The number of hydrogen-bond acceptors (Lipinski definition) is 2. The van der Waals surface area contributed by atoms with Gasteiger partial charge in [-0.25, -0.2) is 0 Å². The van der Waals surface area contributed by atoms with Crippen molar-refractivity contribution < 1.29 is 8.83 Å². The highest BCUT2D eigenvalue weighted by Gasteiger charge is 2.11. The minimum Gasteiger partial charge on any atom is -0.453 e. The average Bonchev–Trinajstić information content (AvgIpc) is 3.00. The van der Waals surface area contributed by atoms with Gasteiger partial charge >= 0.3 is 0 Å². The molecule has 2 heterocycles. The fraction of sp³-hybridized carbons (Fsp3) is 0.0588. The Bertz CT molecular complexity index is 853. The second-order valence-corrected chi connectivity index (χ2v) is 5.38. The summed E-state index contributed by atoms with van der Waals surface area (Å²) in [5.74, 6) is 1.45. The zero-order chi connectivity index (χ0) is 13.7. The molecule has 3 heteroatoms. The molecule has 0 amide bonds. The lowest BCUT2D eigenvalue weighted by molar-refractivity contribution is 0.569. The van der Waals surface area contributed by atoms with Gasteiger partial charge in [0.05, 0.1) is 0 Å². The molecule has 2 aromatic heterocycles. The molecule has 0 aliphatic heterocycles. The van der Waals surface area contributed by atoms with E-state index < -0.39 is 0 Å². The van der Waals surface area contributed by atoms with Crippen molar-refractivity contribution in [1.29, 1.82) is 0 Å². The zero-order valence-corrected chi connectivity index (χ0v) is 11.6. The number of aryl methyl sites for hydroxylation is 1. The molecular weight excluding hydrogens is 272 g/mol. The second-order valence-electron chi connectivity index (χ2n) is 4.94. The van der Waals surface area contributed by atoms with Crippen LogP contribution in [0.25, 0.3) is 33.5 Å². The van der Waals surface area contributed by atoms with Crippen molar-refractivity contribution in [2.75, 3.05) is 0 Å². The molecule has 0 spiro atoms. The first-order valence-electron chi connectivity index (χ1n) is 6.39. The Kier molecular flexibility index (Phi) is 2.41. The maximum absolute atomic E-state index is 5.99. The average molecular weight is 283 g/mol. The van der Waals surface area contributed by atoms with Gasteiger partial charge in [0.1, 0.15) is 11.2 Å². The highest BCUT2D eigenvalue weighted by molar-refractivity contribution is 6.31. The van der Waals surface area contributed by atoms with Crippen molar-refractivity contribution in [3.63, 3.8) is 0 Å². The molecular formula is C17H11ClO2. The maximum Gasteiger partial charge on any atom is 0.170 e. The summed E-state index contributed by atoms with van der Waals surface area (Å²) in [7, 11) is 0. The van der Waals surface area contributed by atoms with Crippen molar-refractivity contribution in [2.24, 2.45) is 0 Å². The largest absolute Gasteiger partial charge is 0.453 e. The van der Waals surface area contributed by atoms with Gasteiger partial charge in [0.15, 0.2) is 11.5 Å². The van der Waals surface area contributed by atoms with Gasteiger partial charge < -0.3 is 8.83 Å². The minimum absolute atomic E-state index is 0.699. The molecule has 0 bridgehead atoms. The molecule has 0 saturated heterocycles. The van der Waals surface area contributed by atoms with Crippen molar-refractivity contribution in [3.8, 4) is 11.5 Å². The molecule has 0 fully saturated rings. The van der Waals surface area contributed by atoms with Gasteiger partial charge in [0, 0.05) is 15.8 Å². The third kappa shape index (κ3) is 1.81. The summed E-state index contributed by atoms with van der Waals surface area (Å²) >= 11 is 5.99.